The highest BCUT2D eigenvalue weighted by Gasteiger charge is 2.13. The molecule has 5 heteroatoms. The lowest BCUT2D eigenvalue weighted by molar-refractivity contribution is 0.0938. The first kappa shape index (κ1) is 19.1. The Balaban J connectivity index is 2.13. The molecule has 0 bridgehead atoms. The number of carbonyl (C=O) groups is 1. The summed E-state index contributed by atoms with van der Waals surface area (Å²) in [6.07, 6.45) is 1.98. The first-order valence-corrected chi connectivity index (χ1v) is 8.78. The van der Waals surface area contributed by atoms with E-state index in [1.165, 1.54) is 0 Å². The molecule has 0 aliphatic heterocycles. The van der Waals surface area contributed by atoms with Crippen molar-refractivity contribution < 1.29 is 14.3 Å². The van der Waals surface area contributed by atoms with Gasteiger partial charge in [0.2, 0.25) is 0 Å². The molecule has 0 unspecified atom stereocenters. The Kier molecular flexibility index (Phi) is 7.14. The van der Waals surface area contributed by atoms with E-state index in [1.54, 1.807) is 37.4 Å². The second kappa shape index (κ2) is 9.33. The molecule has 0 saturated carbocycles. The third-order valence-corrected chi connectivity index (χ3v) is 4.17. The van der Waals surface area contributed by atoms with E-state index in [1.807, 2.05) is 19.1 Å². The van der Waals surface area contributed by atoms with Gasteiger partial charge in [-0.2, -0.15) is 0 Å². The number of hydrogen-bond donors (Lipinski definition) is 1. The maximum absolute atomic E-state index is 12.4. The second-order valence-electron chi connectivity index (χ2n) is 5.91. The van der Waals surface area contributed by atoms with Crippen molar-refractivity contribution in [2.45, 2.75) is 39.3 Å². The number of para-hydroxylation sites is 1. The summed E-state index contributed by atoms with van der Waals surface area (Å²) in [5.74, 6) is 1.17. The van der Waals surface area contributed by atoms with E-state index in [9.17, 15) is 4.79 Å². The fraction of sp³-hybridized carbons (Fsp3) is 0.350. The number of rotatable bonds is 8. The van der Waals surface area contributed by atoms with Crippen molar-refractivity contribution >= 4 is 17.5 Å². The van der Waals surface area contributed by atoms with E-state index >= 15 is 0 Å². The predicted octanol–water partition coefficient (Wildman–Crippen LogP) is 4.85. The van der Waals surface area contributed by atoms with Crippen LogP contribution in [0, 0.1) is 0 Å². The molecule has 4 nitrogen and oxygen atoms in total. The Morgan fingerprint density at radius 1 is 1.20 bits per heavy atom. The summed E-state index contributed by atoms with van der Waals surface area (Å²) in [5.41, 5.74) is 1.37. The molecule has 2 aromatic carbocycles. The quantitative estimate of drug-likeness (QED) is 0.731. The smallest absolute Gasteiger partial charge is 0.251 e. The monoisotopic (exact) mass is 361 g/mol. The minimum Gasteiger partial charge on any atom is -0.496 e. The van der Waals surface area contributed by atoms with Gasteiger partial charge in [-0.25, -0.2) is 0 Å². The van der Waals surface area contributed by atoms with Gasteiger partial charge in [-0.3, -0.25) is 4.79 Å². The largest absolute Gasteiger partial charge is 0.496 e. The molecule has 134 valence electrons. The molecule has 0 saturated heterocycles. The zero-order chi connectivity index (χ0) is 18.2. The van der Waals surface area contributed by atoms with Gasteiger partial charge in [0, 0.05) is 17.2 Å². The highest BCUT2D eigenvalue weighted by atomic mass is 35.5. The fourth-order valence-electron chi connectivity index (χ4n) is 2.56. The zero-order valence-corrected chi connectivity index (χ0v) is 15.6. The average Bonchev–Trinajstić information content (AvgIpc) is 2.61. The highest BCUT2D eigenvalue weighted by Crippen LogP contribution is 2.26. The molecule has 0 aromatic heterocycles. The summed E-state index contributed by atoms with van der Waals surface area (Å²) in [4.78, 5) is 12.4. The molecule has 0 aliphatic rings. The van der Waals surface area contributed by atoms with Gasteiger partial charge in [0.15, 0.2) is 0 Å². The SMILES string of the molecule is CCC[C@H](C)NC(=O)c1ccc(OC)c(COc2ccccc2Cl)c1. The molecule has 0 fully saturated rings. The van der Waals surface area contributed by atoms with Crippen LogP contribution in [-0.2, 0) is 6.61 Å². The first-order chi connectivity index (χ1) is 12.0. The molecule has 1 amide bonds. The first-order valence-electron chi connectivity index (χ1n) is 8.40. The van der Waals surface area contributed by atoms with Crippen molar-refractivity contribution in [1.82, 2.24) is 5.32 Å². The fourth-order valence-corrected chi connectivity index (χ4v) is 2.75. The molecule has 0 aliphatic carbocycles. The lowest BCUT2D eigenvalue weighted by Gasteiger charge is -2.15. The molecular weight excluding hydrogens is 338 g/mol. The molecule has 25 heavy (non-hydrogen) atoms. The van der Waals surface area contributed by atoms with E-state index in [2.05, 4.69) is 12.2 Å². The number of carbonyl (C=O) groups excluding carboxylic acids is 1. The van der Waals surface area contributed by atoms with Crippen LogP contribution in [0.3, 0.4) is 0 Å². The maximum atomic E-state index is 12.4. The number of benzene rings is 2. The Morgan fingerprint density at radius 2 is 1.96 bits per heavy atom. The number of ether oxygens (including phenoxy) is 2. The summed E-state index contributed by atoms with van der Waals surface area (Å²) in [6, 6.07) is 12.8. The number of amides is 1. The van der Waals surface area contributed by atoms with Crippen molar-refractivity contribution in [3.05, 3.63) is 58.6 Å². The molecule has 2 rings (SSSR count). The summed E-state index contributed by atoms with van der Waals surface area (Å²) in [6.45, 7) is 4.37. The van der Waals surface area contributed by atoms with Gasteiger partial charge in [0.1, 0.15) is 18.1 Å². The molecule has 1 atom stereocenters. The Morgan fingerprint density at radius 3 is 2.64 bits per heavy atom. The van der Waals surface area contributed by atoms with Gasteiger partial charge in [0.05, 0.1) is 12.1 Å². The van der Waals surface area contributed by atoms with Crippen LogP contribution in [0.5, 0.6) is 11.5 Å². The van der Waals surface area contributed by atoms with Crippen molar-refractivity contribution in [3.63, 3.8) is 0 Å². The van der Waals surface area contributed by atoms with Gasteiger partial charge in [-0.15, -0.1) is 0 Å². The molecular formula is C20H24ClNO3. The maximum Gasteiger partial charge on any atom is 0.251 e. The van der Waals surface area contributed by atoms with Crippen LogP contribution in [0.2, 0.25) is 5.02 Å². The zero-order valence-electron chi connectivity index (χ0n) is 14.8. The predicted molar refractivity (Wildman–Crippen MR) is 101 cm³/mol. The minimum absolute atomic E-state index is 0.0948. The van der Waals surface area contributed by atoms with Crippen LogP contribution < -0.4 is 14.8 Å². The van der Waals surface area contributed by atoms with E-state index < -0.39 is 0 Å². The van der Waals surface area contributed by atoms with E-state index in [0.29, 0.717) is 22.1 Å². The number of halogens is 1. The normalized spacial score (nSPS) is 11.7. The van der Waals surface area contributed by atoms with E-state index in [-0.39, 0.29) is 18.6 Å². The molecule has 0 spiro atoms. The van der Waals surface area contributed by atoms with Gasteiger partial charge in [-0.05, 0) is 43.7 Å². The van der Waals surface area contributed by atoms with Crippen LogP contribution in [0.1, 0.15) is 42.6 Å². The van der Waals surface area contributed by atoms with E-state index in [0.717, 1.165) is 18.4 Å². The molecule has 1 N–H and O–H groups in total. The van der Waals surface area contributed by atoms with Gasteiger partial charge < -0.3 is 14.8 Å². The van der Waals surface area contributed by atoms with E-state index in [4.69, 9.17) is 21.1 Å². The summed E-state index contributed by atoms with van der Waals surface area (Å²) in [5, 5.41) is 3.55. The van der Waals surface area contributed by atoms with Crippen LogP contribution in [0.4, 0.5) is 0 Å². The Labute approximate surface area is 154 Å². The van der Waals surface area contributed by atoms with Gasteiger partial charge in [-0.1, -0.05) is 37.1 Å². The molecule has 2 aromatic rings. The van der Waals surface area contributed by atoms with Crippen molar-refractivity contribution in [2.75, 3.05) is 7.11 Å². The third kappa shape index (κ3) is 5.40. The van der Waals surface area contributed by atoms with Crippen LogP contribution >= 0.6 is 11.6 Å². The van der Waals surface area contributed by atoms with Crippen molar-refractivity contribution in [1.29, 1.82) is 0 Å². The van der Waals surface area contributed by atoms with Crippen LogP contribution in [0.25, 0.3) is 0 Å². The van der Waals surface area contributed by atoms with Gasteiger partial charge >= 0.3 is 0 Å². The van der Waals surface area contributed by atoms with Crippen molar-refractivity contribution in [2.24, 2.45) is 0 Å². The lowest BCUT2D eigenvalue weighted by Crippen LogP contribution is -2.32. The minimum atomic E-state index is -0.0948. The summed E-state index contributed by atoms with van der Waals surface area (Å²) < 4.78 is 11.1. The Hall–Kier alpha value is -2.20. The van der Waals surface area contributed by atoms with Crippen LogP contribution in [-0.4, -0.2) is 19.1 Å². The Bertz CT molecular complexity index is 718. The van der Waals surface area contributed by atoms with Crippen molar-refractivity contribution in [3.8, 4) is 11.5 Å². The number of nitrogens with one attached hydrogen (secondary N) is 1. The number of methoxy groups -OCH3 is 1. The van der Waals surface area contributed by atoms with Crippen LogP contribution in [0.15, 0.2) is 42.5 Å². The average molecular weight is 362 g/mol. The summed E-state index contributed by atoms with van der Waals surface area (Å²) in [7, 11) is 1.59. The molecule has 0 heterocycles. The van der Waals surface area contributed by atoms with Gasteiger partial charge in [0.25, 0.3) is 5.91 Å². The standard InChI is InChI=1S/C20H24ClNO3/c1-4-7-14(2)22-20(23)15-10-11-18(24-3)16(12-15)13-25-19-9-6-5-8-17(19)21/h5-6,8-12,14H,4,7,13H2,1-3H3,(H,22,23)/t14-/m0/s1. The third-order valence-electron chi connectivity index (χ3n) is 3.86. The molecule has 0 radical (unpaired) electrons. The highest BCUT2D eigenvalue weighted by molar-refractivity contribution is 6.32. The summed E-state index contributed by atoms with van der Waals surface area (Å²) >= 11 is 6.11. The lowest BCUT2D eigenvalue weighted by atomic mass is 10.1. The second-order valence-corrected chi connectivity index (χ2v) is 6.32. The topological polar surface area (TPSA) is 47.6 Å². The number of hydrogen-bond acceptors (Lipinski definition) is 3.